The van der Waals surface area contributed by atoms with Gasteiger partial charge < -0.3 is 20.5 Å². The maximum absolute atomic E-state index is 13.5. The normalized spacial score (nSPS) is 17.5. The zero-order chi connectivity index (χ0) is 15.2. The van der Waals surface area contributed by atoms with Gasteiger partial charge in [-0.15, -0.1) is 0 Å². The van der Waals surface area contributed by atoms with Gasteiger partial charge in [-0.1, -0.05) is 0 Å². The van der Waals surface area contributed by atoms with Gasteiger partial charge in [-0.05, 0) is 37.5 Å². The van der Waals surface area contributed by atoms with Crippen molar-refractivity contribution in [3.05, 3.63) is 29.6 Å². The molecule has 1 heterocycles. The molecule has 6 nitrogen and oxygen atoms in total. The van der Waals surface area contributed by atoms with Crippen molar-refractivity contribution < 1.29 is 23.8 Å². The van der Waals surface area contributed by atoms with Crippen LogP contribution in [0.3, 0.4) is 0 Å². The number of hydrogen-bond donors (Lipinski definition) is 3. The Hall–Kier alpha value is -2.15. The molecule has 0 saturated carbocycles. The fraction of sp³-hybridized carbons (Fsp3) is 0.429. The third-order valence-electron chi connectivity index (χ3n) is 3.24. The van der Waals surface area contributed by atoms with Crippen LogP contribution in [0.5, 0.6) is 0 Å². The number of hydrogen-bond acceptors (Lipinski definition) is 3. The Bertz CT molecular complexity index is 530. The lowest BCUT2D eigenvalue weighted by atomic mass is 10.2. The van der Waals surface area contributed by atoms with E-state index in [1.54, 1.807) is 0 Å². The molecule has 0 spiro atoms. The van der Waals surface area contributed by atoms with Gasteiger partial charge in [0.2, 0.25) is 0 Å². The summed E-state index contributed by atoms with van der Waals surface area (Å²) in [5.41, 5.74) is -0.254. The van der Waals surface area contributed by atoms with E-state index in [9.17, 15) is 14.0 Å². The molecule has 1 fully saturated rings. The van der Waals surface area contributed by atoms with Crippen molar-refractivity contribution in [1.29, 1.82) is 0 Å². The molecule has 1 aromatic rings. The van der Waals surface area contributed by atoms with Gasteiger partial charge in [0.25, 0.3) is 0 Å². The predicted molar refractivity (Wildman–Crippen MR) is 74.0 cm³/mol. The van der Waals surface area contributed by atoms with Crippen LogP contribution in [0.4, 0.5) is 14.9 Å². The molecule has 2 rings (SSSR count). The molecule has 2 amide bonds. The first-order chi connectivity index (χ1) is 10.1. The fourth-order valence-corrected chi connectivity index (χ4v) is 2.14. The minimum atomic E-state index is -1.18. The fourth-order valence-electron chi connectivity index (χ4n) is 2.14. The van der Waals surface area contributed by atoms with Crippen LogP contribution in [-0.2, 0) is 4.74 Å². The number of benzene rings is 1. The zero-order valence-corrected chi connectivity index (χ0v) is 11.4. The number of amides is 2. The average molecular weight is 296 g/mol. The van der Waals surface area contributed by atoms with E-state index in [1.807, 2.05) is 0 Å². The number of urea groups is 1. The second-order valence-electron chi connectivity index (χ2n) is 4.80. The summed E-state index contributed by atoms with van der Waals surface area (Å²) in [6, 6.07) is 2.65. The van der Waals surface area contributed by atoms with Gasteiger partial charge in [0, 0.05) is 13.2 Å². The van der Waals surface area contributed by atoms with Crippen molar-refractivity contribution in [2.45, 2.75) is 25.4 Å². The van der Waals surface area contributed by atoms with Crippen LogP contribution in [0.15, 0.2) is 18.2 Å². The summed E-state index contributed by atoms with van der Waals surface area (Å²) in [5.74, 6) is -1.87. The first-order valence-electron chi connectivity index (χ1n) is 6.75. The molecule has 21 heavy (non-hydrogen) atoms. The molecule has 0 aliphatic carbocycles. The van der Waals surface area contributed by atoms with Gasteiger partial charge in [-0.3, -0.25) is 0 Å². The molecule has 0 aromatic heterocycles. The Kier molecular flexibility index (Phi) is 5.10. The van der Waals surface area contributed by atoms with Crippen molar-refractivity contribution in [2.24, 2.45) is 0 Å². The lowest BCUT2D eigenvalue weighted by molar-refractivity contribution is 0.0696. The molecule has 7 heteroatoms. The van der Waals surface area contributed by atoms with Gasteiger partial charge in [0.15, 0.2) is 0 Å². The number of halogens is 1. The summed E-state index contributed by atoms with van der Waals surface area (Å²) in [7, 11) is 0. The van der Waals surface area contributed by atoms with E-state index < -0.39 is 17.8 Å². The molecule has 1 aliphatic heterocycles. The molecule has 1 saturated heterocycles. The Morgan fingerprint density at radius 3 is 2.90 bits per heavy atom. The quantitative estimate of drug-likeness (QED) is 0.777. The van der Waals surface area contributed by atoms with Gasteiger partial charge >= 0.3 is 12.0 Å². The standard InChI is InChI=1S/C14H17FN2O4/c15-11-4-3-9(13(18)19)8-12(11)17-14(20)16-6-5-10-2-1-7-21-10/h3-4,8,10H,1-2,5-7H2,(H,18,19)(H2,16,17,20). The number of nitrogens with one attached hydrogen (secondary N) is 2. The highest BCUT2D eigenvalue weighted by Gasteiger charge is 2.15. The van der Waals surface area contributed by atoms with Crippen LogP contribution in [0.1, 0.15) is 29.6 Å². The first kappa shape index (κ1) is 15.2. The lowest BCUT2D eigenvalue weighted by Gasteiger charge is -2.11. The number of rotatable bonds is 5. The number of carbonyl (C=O) groups excluding carboxylic acids is 1. The number of anilines is 1. The molecule has 1 unspecified atom stereocenters. The van der Waals surface area contributed by atoms with E-state index in [4.69, 9.17) is 9.84 Å². The molecule has 0 radical (unpaired) electrons. The third kappa shape index (κ3) is 4.42. The molecule has 3 N–H and O–H groups in total. The van der Waals surface area contributed by atoms with Crippen molar-refractivity contribution >= 4 is 17.7 Å². The van der Waals surface area contributed by atoms with Crippen LogP contribution in [0.2, 0.25) is 0 Å². The van der Waals surface area contributed by atoms with Crippen LogP contribution in [0.25, 0.3) is 0 Å². The highest BCUT2D eigenvalue weighted by molar-refractivity contribution is 5.93. The van der Waals surface area contributed by atoms with Crippen LogP contribution in [0, 0.1) is 5.82 Å². The Morgan fingerprint density at radius 1 is 1.43 bits per heavy atom. The van der Waals surface area contributed by atoms with Crippen molar-refractivity contribution in [1.82, 2.24) is 5.32 Å². The van der Waals surface area contributed by atoms with E-state index in [1.165, 1.54) is 0 Å². The first-order valence-corrected chi connectivity index (χ1v) is 6.75. The van der Waals surface area contributed by atoms with Crippen molar-refractivity contribution in [3.8, 4) is 0 Å². The highest BCUT2D eigenvalue weighted by Crippen LogP contribution is 2.16. The van der Waals surface area contributed by atoms with Crippen LogP contribution in [-0.4, -0.2) is 36.4 Å². The zero-order valence-electron chi connectivity index (χ0n) is 11.4. The summed E-state index contributed by atoms with van der Waals surface area (Å²) < 4.78 is 18.9. The maximum atomic E-state index is 13.5. The molecular formula is C14H17FN2O4. The van der Waals surface area contributed by atoms with Crippen LogP contribution >= 0.6 is 0 Å². The molecule has 1 atom stereocenters. The number of carboxylic acids is 1. The highest BCUT2D eigenvalue weighted by atomic mass is 19.1. The maximum Gasteiger partial charge on any atom is 0.335 e. The minimum absolute atomic E-state index is 0.0916. The SMILES string of the molecule is O=C(NCCC1CCCO1)Nc1cc(C(=O)O)ccc1F. The number of aromatic carboxylic acids is 1. The number of carboxylic acid groups (broad SMARTS) is 1. The molecular weight excluding hydrogens is 279 g/mol. The van der Waals surface area contributed by atoms with Crippen LogP contribution < -0.4 is 10.6 Å². The molecule has 0 bridgehead atoms. The number of ether oxygens (including phenoxy) is 1. The van der Waals surface area contributed by atoms with E-state index in [-0.39, 0.29) is 17.4 Å². The largest absolute Gasteiger partial charge is 0.478 e. The predicted octanol–water partition coefficient (Wildman–Crippen LogP) is 2.21. The van der Waals surface area contributed by atoms with Gasteiger partial charge in [0.05, 0.1) is 17.4 Å². The monoisotopic (exact) mass is 296 g/mol. The summed E-state index contributed by atoms with van der Waals surface area (Å²) >= 11 is 0. The minimum Gasteiger partial charge on any atom is -0.478 e. The summed E-state index contributed by atoms with van der Waals surface area (Å²) in [4.78, 5) is 22.4. The second-order valence-corrected chi connectivity index (χ2v) is 4.80. The molecule has 1 aliphatic rings. The van der Waals surface area contributed by atoms with Gasteiger partial charge in [-0.25, -0.2) is 14.0 Å². The smallest absolute Gasteiger partial charge is 0.335 e. The lowest BCUT2D eigenvalue weighted by Crippen LogP contribution is -2.31. The van der Waals surface area contributed by atoms with Gasteiger partial charge in [0.1, 0.15) is 5.82 Å². The van der Waals surface area contributed by atoms with E-state index in [0.29, 0.717) is 13.0 Å². The number of carbonyl (C=O) groups is 2. The molecule has 1 aromatic carbocycles. The third-order valence-corrected chi connectivity index (χ3v) is 3.24. The molecule has 114 valence electrons. The summed E-state index contributed by atoms with van der Waals surface area (Å²) in [5, 5.41) is 13.7. The average Bonchev–Trinajstić information content (AvgIpc) is 2.94. The van der Waals surface area contributed by atoms with E-state index >= 15 is 0 Å². The van der Waals surface area contributed by atoms with Gasteiger partial charge in [-0.2, -0.15) is 0 Å². The van der Waals surface area contributed by atoms with Crippen molar-refractivity contribution in [2.75, 3.05) is 18.5 Å². The van der Waals surface area contributed by atoms with Crippen molar-refractivity contribution in [3.63, 3.8) is 0 Å². The topological polar surface area (TPSA) is 87.7 Å². The Balaban J connectivity index is 1.84. The summed E-state index contributed by atoms with van der Waals surface area (Å²) in [6.45, 7) is 1.17. The summed E-state index contributed by atoms with van der Waals surface area (Å²) in [6.07, 6.45) is 2.88. The van der Waals surface area contributed by atoms with E-state index in [2.05, 4.69) is 10.6 Å². The Morgan fingerprint density at radius 2 is 2.24 bits per heavy atom. The van der Waals surface area contributed by atoms with E-state index in [0.717, 1.165) is 37.6 Å². The Labute approximate surface area is 121 Å². The second kappa shape index (κ2) is 7.03.